The van der Waals surface area contributed by atoms with Gasteiger partial charge in [-0.1, -0.05) is 30.3 Å². The summed E-state index contributed by atoms with van der Waals surface area (Å²) < 4.78 is 7.07. The number of carbonyl (C=O) groups excluding carboxylic acids is 2. The molecule has 0 unspecified atom stereocenters. The van der Waals surface area contributed by atoms with Crippen LogP contribution in [-0.2, 0) is 11.4 Å². The van der Waals surface area contributed by atoms with E-state index < -0.39 is 0 Å². The van der Waals surface area contributed by atoms with Gasteiger partial charge in [-0.3, -0.25) is 14.5 Å². The van der Waals surface area contributed by atoms with E-state index in [2.05, 4.69) is 22.6 Å². The molecular formula is C18H14INO3S. The molecule has 0 radical (unpaired) electrons. The van der Waals surface area contributed by atoms with Crippen LogP contribution < -0.4 is 4.74 Å². The number of likely N-dealkylation sites (N-methyl/N-ethyl adjacent to an activating group) is 1. The molecule has 0 bridgehead atoms. The average molecular weight is 451 g/mol. The Morgan fingerprint density at radius 2 is 1.83 bits per heavy atom. The number of nitrogens with zero attached hydrogens (tertiary/aromatic N) is 1. The van der Waals surface area contributed by atoms with Crippen molar-refractivity contribution in [2.75, 3.05) is 7.05 Å². The van der Waals surface area contributed by atoms with E-state index in [4.69, 9.17) is 4.74 Å². The van der Waals surface area contributed by atoms with Gasteiger partial charge < -0.3 is 4.74 Å². The highest BCUT2D eigenvalue weighted by Gasteiger charge is 2.31. The summed E-state index contributed by atoms with van der Waals surface area (Å²) in [5.74, 6) is 0.399. The van der Waals surface area contributed by atoms with E-state index in [0.29, 0.717) is 17.3 Å². The molecule has 0 saturated carbocycles. The Kier molecular flexibility index (Phi) is 5.25. The first-order chi connectivity index (χ1) is 11.5. The zero-order valence-electron chi connectivity index (χ0n) is 12.9. The first-order valence-electron chi connectivity index (χ1n) is 7.22. The summed E-state index contributed by atoms with van der Waals surface area (Å²) in [6, 6.07) is 15.6. The molecule has 1 aliphatic rings. The van der Waals surface area contributed by atoms with E-state index >= 15 is 0 Å². The minimum absolute atomic E-state index is 0.261. The molecule has 0 aromatic heterocycles. The fourth-order valence-corrected chi connectivity index (χ4v) is 3.34. The highest BCUT2D eigenvalue weighted by atomic mass is 127. The number of benzene rings is 2. The van der Waals surface area contributed by atoms with Crippen LogP contribution in [0.4, 0.5) is 4.79 Å². The average Bonchev–Trinajstić information content (AvgIpc) is 2.82. The molecule has 1 saturated heterocycles. The van der Waals surface area contributed by atoms with E-state index in [1.165, 1.54) is 10.6 Å². The molecule has 0 N–H and O–H groups in total. The minimum Gasteiger partial charge on any atom is -0.488 e. The quantitative estimate of drug-likeness (QED) is 0.506. The molecule has 1 fully saturated rings. The van der Waals surface area contributed by atoms with Gasteiger partial charge in [0, 0.05) is 16.2 Å². The Hall–Kier alpha value is -1.80. The van der Waals surface area contributed by atoms with Gasteiger partial charge in [0.2, 0.25) is 0 Å². The first-order valence-corrected chi connectivity index (χ1v) is 9.12. The van der Waals surface area contributed by atoms with Gasteiger partial charge >= 0.3 is 0 Å². The third-order valence-electron chi connectivity index (χ3n) is 3.50. The molecule has 0 aliphatic carbocycles. The van der Waals surface area contributed by atoms with Gasteiger partial charge in [0.05, 0.1) is 4.91 Å². The van der Waals surface area contributed by atoms with Crippen LogP contribution >= 0.6 is 34.4 Å². The van der Waals surface area contributed by atoms with Crippen molar-refractivity contribution in [3.05, 3.63) is 68.1 Å². The lowest BCUT2D eigenvalue weighted by Crippen LogP contribution is -2.22. The number of hydrogen-bond acceptors (Lipinski definition) is 4. The summed E-state index contributed by atoms with van der Waals surface area (Å²) in [4.78, 5) is 25.1. The van der Waals surface area contributed by atoms with E-state index in [0.717, 1.165) is 27.8 Å². The van der Waals surface area contributed by atoms with Crippen LogP contribution in [0.3, 0.4) is 0 Å². The van der Waals surface area contributed by atoms with Gasteiger partial charge in [-0.25, -0.2) is 0 Å². The largest absolute Gasteiger partial charge is 0.488 e. The predicted octanol–water partition coefficient (Wildman–Crippen LogP) is 4.54. The monoisotopic (exact) mass is 451 g/mol. The topological polar surface area (TPSA) is 46.6 Å². The lowest BCUT2D eigenvalue weighted by Gasteiger charge is -2.10. The summed E-state index contributed by atoms with van der Waals surface area (Å²) in [6.07, 6.45) is 1.71. The Balaban J connectivity index is 1.79. The van der Waals surface area contributed by atoms with E-state index in [-0.39, 0.29) is 11.1 Å². The summed E-state index contributed by atoms with van der Waals surface area (Å²) in [5.41, 5.74) is 1.85. The minimum atomic E-state index is -0.280. The zero-order chi connectivity index (χ0) is 17.1. The van der Waals surface area contributed by atoms with Gasteiger partial charge in [0.25, 0.3) is 11.1 Å². The van der Waals surface area contributed by atoms with Gasteiger partial charge in [0.1, 0.15) is 12.4 Å². The molecule has 0 atom stereocenters. The SMILES string of the molecule is CN1C(=O)SC(=Cc2ccccc2OCc2ccc(I)cc2)C1=O. The Labute approximate surface area is 158 Å². The maximum Gasteiger partial charge on any atom is 0.293 e. The van der Waals surface area contributed by atoms with Crippen molar-refractivity contribution >= 4 is 51.6 Å². The van der Waals surface area contributed by atoms with Crippen LogP contribution in [-0.4, -0.2) is 23.1 Å². The van der Waals surface area contributed by atoms with Crippen molar-refractivity contribution < 1.29 is 14.3 Å². The summed E-state index contributed by atoms with van der Waals surface area (Å²) in [5, 5.41) is -0.261. The number of para-hydroxylation sites is 1. The third kappa shape index (κ3) is 3.81. The van der Waals surface area contributed by atoms with Crippen LogP contribution in [0.1, 0.15) is 11.1 Å². The number of halogens is 1. The van der Waals surface area contributed by atoms with Gasteiger partial charge in [-0.2, -0.15) is 0 Å². The van der Waals surface area contributed by atoms with Crippen molar-refractivity contribution in [1.82, 2.24) is 4.90 Å². The Bertz CT molecular complexity index is 817. The fraction of sp³-hybridized carbons (Fsp3) is 0.111. The number of ether oxygens (including phenoxy) is 1. The van der Waals surface area contributed by atoms with Crippen LogP contribution in [0.2, 0.25) is 0 Å². The maximum atomic E-state index is 12.0. The fourth-order valence-electron chi connectivity index (χ4n) is 2.16. The molecule has 3 rings (SSSR count). The van der Waals surface area contributed by atoms with Gasteiger partial charge in [-0.15, -0.1) is 0 Å². The smallest absolute Gasteiger partial charge is 0.293 e. The molecule has 24 heavy (non-hydrogen) atoms. The molecule has 2 aromatic carbocycles. The second kappa shape index (κ2) is 7.40. The van der Waals surface area contributed by atoms with E-state index in [1.54, 1.807) is 6.08 Å². The van der Waals surface area contributed by atoms with Crippen molar-refractivity contribution in [2.45, 2.75) is 6.61 Å². The first kappa shape index (κ1) is 17.0. The van der Waals surface area contributed by atoms with Gasteiger partial charge in [-0.05, 0) is 64.2 Å². The number of imide groups is 1. The zero-order valence-corrected chi connectivity index (χ0v) is 15.8. The van der Waals surface area contributed by atoms with Crippen LogP contribution in [0, 0.1) is 3.57 Å². The molecule has 0 spiro atoms. The van der Waals surface area contributed by atoms with Crippen molar-refractivity contribution in [2.24, 2.45) is 0 Å². The molecular weight excluding hydrogens is 437 g/mol. The lowest BCUT2D eigenvalue weighted by molar-refractivity contribution is -0.121. The number of thioether (sulfide) groups is 1. The number of carbonyl (C=O) groups is 2. The molecule has 6 heteroatoms. The standard InChI is InChI=1S/C18H14INO3S/c1-20-17(21)16(24-18(20)22)10-13-4-2-3-5-15(13)23-11-12-6-8-14(19)9-7-12/h2-10H,11H2,1H3. The normalized spacial score (nSPS) is 16.1. The van der Waals surface area contributed by atoms with E-state index in [9.17, 15) is 9.59 Å². The second-order valence-corrected chi connectivity index (χ2v) is 7.43. The van der Waals surface area contributed by atoms with Crippen LogP contribution in [0.25, 0.3) is 6.08 Å². The second-order valence-electron chi connectivity index (χ2n) is 5.19. The molecule has 122 valence electrons. The number of hydrogen-bond donors (Lipinski definition) is 0. The Morgan fingerprint density at radius 3 is 2.50 bits per heavy atom. The third-order valence-corrected chi connectivity index (χ3v) is 5.18. The molecule has 1 aliphatic heterocycles. The molecule has 4 nitrogen and oxygen atoms in total. The molecule has 2 aromatic rings. The predicted molar refractivity (Wildman–Crippen MR) is 104 cm³/mol. The van der Waals surface area contributed by atoms with E-state index in [1.807, 2.05) is 48.5 Å². The maximum absolute atomic E-state index is 12.0. The highest BCUT2D eigenvalue weighted by molar-refractivity contribution is 14.1. The lowest BCUT2D eigenvalue weighted by atomic mass is 10.2. The van der Waals surface area contributed by atoms with Crippen molar-refractivity contribution in [1.29, 1.82) is 0 Å². The van der Waals surface area contributed by atoms with Gasteiger partial charge in [0.15, 0.2) is 0 Å². The number of amides is 2. The summed E-state index contributed by atoms with van der Waals surface area (Å²) in [7, 11) is 1.48. The van der Waals surface area contributed by atoms with Crippen molar-refractivity contribution in [3.63, 3.8) is 0 Å². The molecule has 1 heterocycles. The van der Waals surface area contributed by atoms with Crippen molar-refractivity contribution in [3.8, 4) is 5.75 Å². The van der Waals surface area contributed by atoms with Crippen LogP contribution in [0.5, 0.6) is 5.75 Å². The highest BCUT2D eigenvalue weighted by Crippen LogP contribution is 2.33. The molecule has 2 amide bonds. The Morgan fingerprint density at radius 1 is 1.12 bits per heavy atom. The summed E-state index contributed by atoms with van der Waals surface area (Å²) in [6.45, 7) is 0.441. The van der Waals surface area contributed by atoms with Crippen LogP contribution in [0.15, 0.2) is 53.4 Å². The summed E-state index contributed by atoms with van der Waals surface area (Å²) >= 11 is 3.20. The number of rotatable bonds is 4.